The first kappa shape index (κ1) is 26.5. The number of sulfonamides is 1. The van der Waals surface area contributed by atoms with Crippen LogP contribution in [0.25, 0.3) is 5.69 Å². The van der Waals surface area contributed by atoms with Gasteiger partial charge in [-0.1, -0.05) is 25.4 Å². The standard InChI is InChI=1S/C20H27ClN8O5S/c1-11(2)7-14-26-27-20(29(14)15-18(33-5)24-10-25-19(15)34-6)28-35(30,31)12(3)16(32-4)17-22-8-13(21)9-23-17/h8-12,16H,7H2,1-6H3,(H,27,28)/t12-,16-/m0/s1. The minimum Gasteiger partial charge on any atom is -0.479 e. The van der Waals surface area contributed by atoms with E-state index in [1.54, 1.807) is 0 Å². The van der Waals surface area contributed by atoms with Crippen molar-refractivity contribution in [3.8, 4) is 17.4 Å². The maximum atomic E-state index is 13.4. The van der Waals surface area contributed by atoms with Crippen molar-refractivity contribution in [1.82, 2.24) is 34.7 Å². The molecule has 0 unspecified atom stereocenters. The Balaban J connectivity index is 2.08. The van der Waals surface area contributed by atoms with E-state index in [-0.39, 0.29) is 35.1 Å². The van der Waals surface area contributed by atoms with Gasteiger partial charge in [0, 0.05) is 25.9 Å². The maximum Gasteiger partial charge on any atom is 0.245 e. The molecule has 0 spiro atoms. The summed E-state index contributed by atoms with van der Waals surface area (Å²) in [6.07, 6.45) is 3.50. The Kier molecular flexibility index (Phi) is 8.40. The number of nitrogens with one attached hydrogen (secondary N) is 1. The normalized spacial score (nSPS) is 13.5. The lowest BCUT2D eigenvalue weighted by molar-refractivity contribution is 0.0950. The summed E-state index contributed by atoms with van der Waals surface area (Å²) in [5.74, 6) is 1.02. The average molecular weight is 527 g/mol. The van der Waals surface area contributed by atoms with Gasteiger partial charge in [0.15, 0.2) is 11.5 Å². The van der Waals surface area contributed by atoms with E-state index in [0.29, 0.717) is 17.3 Å². The number of methoxy groups -OCH3 is 3. The zero-order valence-electron chi connectivity index (χ0n) is 20.1. The second-order valence-electron chi connectivity index (χ2n) is 7.88. The highest BCUT2D eigenvalue weighted by atomic mass is 35.5. The van der Waals surface area contributed by atoms with Crippen molar-refractivity contribution in [3.63, 3.8) is 0 Å². The first-order valence-corrected chi connectivity index (χ1v) is 12.4. The third kappa shape index (κ3) is 5.77. The van der Waals surface area contributed by atoms with Crippen LogP contribution in [0.15, 0.2) is 18.7 Å². The van der Waals surface area contributed by atoms with Crippen molar-refractivity contribution < 1.29 is 22.6 Å². The van der Waals surface area contributed by atoms with Crippen LogP contribution in [0.2, 0.25) is 5.02 Å². The fraction of sp³-hybridized carbons (Fsp3) is 0.500. The van der Waals surface area contributed by atoms with Crippen molar-refractivity contribution in [3.05, 3.63) is 35.4 Å². The molecule has 0 aliphatic carbocycles. The first-order valence-electron chi connectivity index (χ1n) is 10.5. The van der Waals surface area contributed by atoms with E-state index in [4.69, 9.17) is 25.8 Å². The van der Waals surface area contributed by atoms with E-state index in [2.05, 4.69) is 34.9 Å². The van der Waals surface area contributed by atoms with E-state index in [9.17, 15) is 8.42 Å². The Morgan fingerprint density at radius 2 is 1.60 bits per heavy atom. The molecule has 13 nitrogen and oxygen atoms in total. The van der Waals surface area contributed by atoms with Crippen LogP contribution in [0.4, 0.5) is 5.95 Å². The molecule has 0 saturated carbocycles. The van der Waals surface area contributed by atoms with Gasteiger partial charge < -0.3 is 14.2 Å². The lowest BCUT2D eigenvalue weighted by Gasteiger charge is -2.22. The van der Waals surface area contributed by atoms with E-state index in [1.807, 2.05) is 13.8 Å². The molecule has 0 amide bonds. The van der Waals surface area contributed by atoms with Crippen LogP contribution < -0.4 is 14.2 Å². The number of nitrogens with zero attached hydrogens (tertiary/aromatic N) is 7. The molecular formula is C20H27ClN8O5S. The topological polar surface area (TPSA) is 156 Å². The van der Waals surface area contributed by atoms with Gasteiger partial charge in [0.25, 0.3) is 0 Å². The van der Waals surface area contributed by atoms with Crippen LogP contribution in [-0.2, 0) is 21.2 Å². The molecule has 0 radical (unpaired) electrons. The molecule has 0 fully saturated rings. The zero-order chi connectivity index (χ0) is 25.8. The van der Waals surface area contributed by atoms with Crippen LogP contribution in [0.5, 0.6) is 11.8 Å². The molecule has 0 saturated heterocycles. The molecule has 1 N–H and O–H groups in total. The smallest absolute Gasteiger partial charge is 0.245 e. The van der Waals surface area contributed by atoms with Gasteiger partial charge in [-0.05, 0) is 12.8 Å². The lowest BCUT2D eigenvalue weighted by Crippen LogP contribution is -2.33. The molecule has 0 bridgehead atoms. The van der Waals surface area contributed by atoms with Gasteiger partial charge in [0.1, 0.15) is 23.5 Å². The maximum absolute atomic E-state index is 13.4. The molecule has 15 heteroatoms. The molecule has 3 aromatic heterocycles. The van der Waals surface area contributed by atoms with Crippen molar-refractivity contribution in [2.45, 2.75) is 38.5 Å². The second-order valence-corrected chi connectivity index (χ2v) is 10.4. The number of hydrogen-bond acceptors (Lipinski definition) is 11. The van der Waals surface area contributed by atoms with Gasteiger partial charge in [0.2, 0.25) is 27.7 Å². The monoisotopic (exact) mass is 526 g/mol. The van der Waals surface area contributed by atoms with Crippen LogP contribution in [0.1, 0.15) is 38.5 Å². The largest absolute Gasteiger partial charge is 0.479 e. The number of ether oxygens (including phenoxy) is 3. The van der Waals surface area contributed by atoms with Crippen molar-refractivity contribution in [2.75, 3.05) is 26.1 Å². The van der Waals surface area contributed by atoms with E-state index >= 15 is 0 Å². The highest BCUT2D eigenvalue weighted by molar-refractivity contribution is 7.93. The molecule has 3 aromatic rings. The SMILES string of the molecule is COc1ncnc(OC)c1-n1c(CC(C)C)nnc1NS(=O)(=O)[C@@H](C)[C@H](OC)c1ncc(Cl)cn1. The number of hydrogen-bond donors (Lipinski definition) is 1. The minimum atomic E-state index is -4.10. The molecule has 35 heavy (non-hydrogen) atoms. The summed E-state index contributed by atoms with van der Waals surface area (Å²) in [5, 5.41) is 7.50. The molecule has 0 aromatic carbocycles. The number of anilines is 1. The third-order valence-electron chi connectivity index (χ3n) is 4.98. The van der Waals surface area contributed by atoms with Gasteiger partial charge >= 0.3 is 0 Å². The predicted molar refractivity (Wildman–Crippen MR) is 127 cm³/mol. The van der Waals surface area contributed by atoms with Gasteiger partial charge in [-0.3, -0.25) is 9.29 Å². The molecular weight excluding hydrogens is 500 g/mol. The fourth-order valence-corrected chi connectivity index (χ4v) is 4.54. The van der Waals surface area contributed by atoms with Gasteiger partial charge in [0.05, 0.1) is 19.2 Å². The second kappa shape index (κ2) is 11.1. The third-order valence-corrected chi connectivity index (χ3v) is 6.87. The Morgan fingerprint density at radius 3 is 2.11 bits per heavy atom. The molecule has 2 atom stereocenters. The van der Waals surface area contributed by atoms with Gasteiger partial charge in [-0.15, -0.1) is 10.2 Å². The zero-order valence-corrected chi connectivity index (χ0v) is 21.7. The highest BCUT2D eigenvalue weighted by Gasteiger charge is 2.35. The Bertz CT molecular complexity index is 1230. The van der Waals surface area contributed by atoms with Crippen LogP contribution in [-0.4, -0.2) is 69.7 Å². The quantitative estimate of drug-likeness (QED) is 0.390. The lowest BCUT2D eigenvalue weighted by atomic mass is 10.1. The molecule has 3 rings (SSSR count). The fourth-order valence-electron chi connectivity index (χ4n) is 3.31. The Hall–Kier alpha value is -3.10. The van der Waals surface area contributed by atoms with Crippen molar-refractivity contribution in [1.29, 1.82) is 0 Å². The van der Waals surface area contributed by atoms with Gasteiger partial charge in [-0.2, -0.15) is 9.97 Å². The van der Waals surface area contributed by atoms with Crippen LogP contribution in [0, 0.1) is 5.92 Å². The summed E-state index contributed by atoms with van der Waals surface area (Å²) in [6.45, 7) is 5.46. The molecule has 0 aliphatic heterocycles. The van der Waals surface area contributed by atoms with E-state index < -0.39 is 21.4 Å². The number of rotatable bonds is 11. The Labute approximate surface area is 208 Å². The minimum absolute atomic E-state index is 0.0919. The summed E-state index contributed by atoms with van der Waals surface area (Å²) in [6, 6.07) is 0. The van der Waals surface area contributed by atoms with Crippen LogP contribution >= 0.6 is 11.6 Å². The first-order chi connectivity index (χ1) is 16.6. The van der Waals surface area contributed by atoms with Crippen LogP contribution in [0.3, 0.4) is 0 Å². The average Bonchev–Trinajstić information content (AvgIpc) is 3.19. The number of aromatic nitrogens is 7. The summed E-state index contributed by atoms with van der Waals surface area (Å²) in [5.41, 5.74) is 0.257. The summed E-state index contributed by atoms with van der Waals surface area (Å²) in [4.78, 5) is 16.4. The van der Waals surface area contributed by atoms with Crippen molar-refractivity contribution >= 4 is 27.6 Å². The van der Waals surface area contributed by atoms with Gasteiger partial charge in [-0.25, -0.2) is 18.4 Å². The summed E-state index contributed by atoms with van der Waals surface area (Å²) < 4.78 is 47.0. The summed E-state index contributed by atoms with van der Waals surface area (Å²) in [7, 11) is 0.128. The predicted octanol–water partition coefficient (Wildman–Crippen LogP) is 2.23. The summed E-state index contributed by atoms with van der Waals surface area (Å²) >= 11 is 5.85. The highest BCUT2D eigenvalue weighted by Crippen LogP contribution is 2.33. The molecule has 3 heterocycles. The van der Waals surface area contributed by atoms with E-state index in [1.165, 1.54) is 51.5 Å². The van der Waals surface area contributed by atoms with Crippen molar-refractivity contribution in [2.24, 2.45) is 5.92 Å². The number of halogens is 1. The molecule has 0 aliphatic rings. The molecule has 190 valence electrons. The van der Waals surface area contributed by atoms with E-state index in [0.717, 1.165) is 0 Å². The Morgan fingerprint density at radius 1 is 1.00 bits per heavy atom.